The third-order valence-corrected chi connectivity index (χ3v) is 3.64. The first kappa shape index (κ1) is 13.1. The number of benzene rings is 2. The van der Waals surface area contributed by atoms with E-state index in [9.17, 15) is 4.39 Å². The summed E-state index contributed by atoms with van der Waals surface area (Å²) in [6, 6.07) is 12.2. The van der Waals surface area contributed by atoms with Crippen LogP contribution in [0, 0.1) is 12.7 Å². The standard InChI is InChI=1S/C17H18FNO/c1-11-2-5-13(18)10-16(11)17(19)12-3-6-14(7-4-12)20-15-8-9-15/h2-7,10,15,17H,8-9,19H2,1H3. The van der Waals surface area contributed by atoms with Gasteiger partial charge in [-0.15, -0.1) is 0 Å². The average Bonchev–Trinajstić information content (AvgIpc) is 3.26. The third-order valence-electron chi connectivity index (χ3n) is 3.64. The quantitative estimate of drug-likeness (QED) is 0.919. The predicted molar refractivity (Wildman–Crippen MR) is 77.3 cm³/mol. The highest BCUT2D eigenvalue weighted by atomic mass is 19.1. The van der Waals surface area contributed by atoms with Crippen molar-refractivity contribution >= 4 is 0 Å². The first-order chi connectivity index (χ1) is 9.63. The monoisotopic (exact) mass is 271 g/mol. The molecule has 0 radical (unpaired) electrons. The lowest BCUT2D eigenvalue weighted by atomic mass is 9.95. The van der Waals surface area contributed by atoms with Gasteiger partial charge in [0, 0.05) is 0 Å². The van der Waals surface area contributed by atoms with Crippen LogP contribution in [0.3, 0.4) is 0 Å². The maximum absolute atomic E-state index is 13.4. The van der Waals surface area contributed by atoms with Crippen LogP contribution >= 0.6 is 0 Å². The van der Waals surface area contributed by atoms with Crippen molar-refractivity contribution in [3.05, 3.63) is 65.0 Å². The first-order valence-electron chi connectivity index (χ1n) is 6.92. The van der Waals surface area contributed by atoms with Crippen LogP contribution in [-0.4, -0.2) is 6.10 Å². The summed E-state index contributed by atoms with van der Waals surface area (Å²) in [7, 11) is 0. The van der Waals surface area contributed by atoms with Crippen molar-refractivity contribution in [1.29, 1.82) is 0 Å². The van der Waals surface area contributed by atoms with Crippen LogP contribution in [0.25, 0.3) is 0 Å². The van der Waals surface area contributed by atoms with Crippen molar-refractivity contribution in [2.24, 2.45) is 5.73 Å². The van der Waals surface area contributed by atoms with E-state index in [1.807, 2.05) is 31.2 Å². The van der Waals surface area contributed by atoms with E-state index in [1.54, 1.807) is 6.07 Å². The molecule has 0 aromatic heterocycles. The summed E-state index contributed by atoms with van der Waals surface area (Å²) in [6.45, 7) is 1.94. The summed E-state index contributed by atoms with van der Waals surface area (Å²) in [6.07, 6.45) is 2.67. The lowest BCUT2D eigenvalue weighted by Crippen LogP contribution is -2.13. The molecule has 104 valence electrons. The van der Waals surface area contributed by atoms with E-state index in [4.69, 9.17) is 10.5 Å². The minimum absolute atomic E-state index is 0.255. The molecule has 3 rings (SSSR count). The second-order valence-corrected chi connectivity index (χ2v) is 5.36. The Hall–Kier alpha value is -1.87. The van der Waals surface area contributed by atoms with Gasteiger partial charge in [0.2, 0.25) is 0 Å². The lowest BCUT2D eigenvalue weighted by molar-refractivity contribution is 0.303. The van der Waals surface area contributed by atoms with Crippen LogP contribution in [0.15, 0.2) is 42.5 Å². The Morgan fingerprint density at radius 1 is 1.15 bits per heavy atom. The molecule has 2 N–H and O–H groups in total. The Labute approximate surface area is 118 Å². The summed E-state index contributed by atoms with van der Waals surface area (Å²) in [5.74, 6) is 0.620. The Balaban J connectivity index is 1.81. The van der Waals surface area contributed by atoms with Gasteiger partial charge < -0.3 is 10.5 Å². The fourth-order valence-corrected chi connectivity index (χ4v) is 2.26. The fourth-order valence-electron chi connectivity index (χ4n) is 2.26. The zero-order valence-electron chi connectivity index (χ0n) is 11.5. The molecule has 0 bridgehead atoms. The van der Waals surface area contributed by atoms with Gasteiger partial charge in [0.05, 0.1) is 12.1 Å². The molecule has 2 nitrogen and oxygen atoms in total. The van der Waals surface area contributed by atoms with Gasteiger partial charge in [-0.25, -0.2) is 4.39 Å². The van der Waals surface area contributed by atoms with Gasteiger partial charge in [-0.1, -0.05) is 18.2 Å². The Bertz CT molecular complexity index is 605. The summed E-state index contributed by atoms with van der Waals surface area (Å²) in [5, 5.41) is 0. The Kier molecular flexibility index (Phi) is 3.45. The van der Waals surface area contributed by atoms with E-state index in [0.29, 0.717) is 6.10 Å². The zero-order valence-corrected chi connectivity index (χ0v) is 11.5. The van der Waals surface area contributed by atoms with Gasteiger partial charge in [0.25, 0.3) is 0 Å². The van der Waals surface area contributed by atoms with Gasteiger partial charge in [-0.3, -0.25) is 0 Å². The largest absolute Gasteiger partial charge is 0.490 e. The van der Waals surface area contributed by atoms with Crippen molar-refractivity contribution in [1.82, 2.24) is 0 Å². The number of halogens is 1. The molecule has 2 aromatic carbocycles. The smallest absolute Gasteiger partial charge is 0.123 e. The minimum Gasteiger partial charge on any atom is -0.490 e. The number of ether oxygens (including phenoxy) is 1. The van der Waals surface area contributed by atoms with Gasteiger partial charge >= 0.3 is 0 Å². The number of aryl methyl sites for hydroxylation is 1. The van der Waals surface area contributed by atoms with Crippen molar-refractivity contribution in [3.8, 4) is 5.75 Å². The zero-order chi connectivity index (χ0) is 14.1. The van der Waals surface area contributed by atoms with E-state index < -0.39 is 0 Å². The molecule has 1 aliphatic rings. The summed E-state index contributed by atoms with van der Waals surface area (Å²) >= 11 is 0. The molecule has 0 heterocycles. The van der Waals surface area contributed by atoms with E-state index in [2.05, 4.69) is 0 Å². The molecular formula is C17H18FNO. The highest BCUT2D eigenvalue weighted by molar-refractivity contribution is 5.38. The topological polar surface area (TPSA) is 35.2 Å². The molecule has 1 atom stereocenters. The molecule has 1 unspecified atom stereocenters. The highest BCUT2D eigenvalue weighted by Crippen LogP contribution is 2.29. The first-order valence-corrected chi connectivity index (χ1v) is 6.92. The highest BCUT2D eigenvalue weighted by Gasteiger charge is 2.23. The SMILES string of the molecule is Cc1ccc(F)cc1C(N)c1ccc(OC2CC2)cc1. The maximum atomic E-state index is 13.4. The number of rotatable bonds is 4. The molecule has 0 aliphatic heterocycles. The average molecular weight is 271 g/mol. The summed E-state index contributed by atoms with van der Waals surface area (Å²) in [5.41, 5.74) is 9.02. The molecule has 0 spiro atoms. The fraction of sp³-hybridized carbons (Fsp3) is 0.294. The Morgan fingerprint density at radius 3 is 2.50 bits per heavy atom. The van der Waals surface area contributed by atoms with Crippen molar-refractivity contribution < 1.29 is 9.13 Å². The van der Waals surface area contributed by atoms with E-state index in [1.165, 1.54) is 12.1 Å². The lowest BCUT2D eigenvalue weighted by Gasteiger charge is -2.16. The number of hydrogen-bond donors (Lipinski definition) is 1. The van der Waals surface area contributed by atoms with Gasteiger partial charge in [0.15, 0.2) is 0 Å². The molecule has 1 saturated carbocycles. The van der Waals surface area contributed by atoms with Gasteiger partial charge in [-0.2, -0.15) is 0 Å². The van der Waals surface area contributed by atoms with E-state index in [0.717, 1.165) is 35.3 Å². The molecule has 20 heavy (non-hydrogen) atoms. The van der Waals surface area contributed by atoms with Crippen LogP contribution < -0.4 is 10.5 Å². The van der Waals surface area contributed by atoms with Crippen LogP contribution in [0.5, 0.6) is 5.75 Å². The second-order valence-electron chi connectivity index (χ2n) is 5.36. The van der Waals surface area contributed by atoms with Gasteiger partial charge in [-0.05, 0) is 60.7 Å². The van der Waals surface area contributed by atoms with Crippen LogP contribution in [0.1, 0.15) is 35.6 Å². The van der Waals surface area contributed by atoms with Crippen LogP contribution in [-0.2, 0) is 0 Å². The molecule has 1 fully saturated rings. The van der Waals surface area contributed by atoms with Crippen molar-refractivity contribution in [3.63, 3.8) is 0 Å². The Morgan fingerprint density at radius 2 is 1.85 bits per heavy atom. The van der Waals surface area contributed by atoms with E-state index >= 15 is 0 Å². The predicted octanol–water partition coefficient (Wildman–Crippen LogP) is 3.72. The molecule has 0 saturated heterocycles. The summed E-state index contributed by atoms with van der Waals surface area (Å²) in [4.78, 5) is 0. The molecule has 1 aliphatic carbocycles. The third kappa shape index (κ3) is 2.83. The van der Waals surface area contributed by atoms with Crippen LogP contribution in [0.2, 0.25) is 0 Å². The van der Waals surface area contributed by atoms with E-state index in [-0.39, 0.29) is 11.9 Å². The number of nitrogens with two attached hydrogens (primary N) is 1. The molecule has 0 amide bonds. The number of hydrogen-bond acceptors (Lipinski definition) is 2. The maximum Gasteiger partial charge on any atom is 0.123 e. The summed E-state index contributed by atoms with van der Waals surface area (Å²) < 4.78 is 19.1. The molecule has 3 heteroatoms. The van der Waals surface area contributed by atoms with Gasteiger partial charge in [0.1, 0.15) is 11.6 Å². The normalized spacial score (nSPS) is 15.9. The van der Waals surface area contributed by atoms with Crippen LogP contribution in [0.4, 0.5) is 4.39 Å². The van der Waals surface area contributed by atoms with Crippen molar-refractivity contribution in [2.45, 2.75) is 31.9 Å². The minimum atomic E-state index is -0.319. The van der Waals surface area contributed by atoms with Crippen molar-refractivity contribution in [2.75, 3.05) is 0 Å². The molecular weight excluding hydrogens is 253 g/mol. The molecule has 2 aromatic rings. The second kappa shape index (κ2) is 5.25.